The van der Waals surface area contributed by atoms with Crippen molar-refractivity contribution >= 4 is 5.69 Å². The van der Waals surface area contributed by atoms with Gasteiger partial charge in [0.05, 0.1) is 24.7 Å². The molecule has 0 heterocycles. The highest BCUT2D eigenvalue weighted by atomic mass is 16.6. The monoisotopic (exact) mass is 270 g/mol. The molecule has 0 aliphatic rings. The molecule has 2 N–H and O–H groups in total. The first kappa shape index (κ1) is 15.4. The summed E-state index contributed by atoms with van der Waals surface area (Å²) in [4.78, 5) is 10.4. The third-order valence-electron chi connectivity index (χ3n) is 2.37. The van der Waals surface area contributed by atoms with Gasteiger partial charge in [0.15, 0.2) is 5.75 Å². The van der Waals surface area contributed by atoms with E-state index in [9.17, 15) is 10.1 Å². The number of rotatable bonds is 9. The Balaban J connectivity index is 2.52. The van der Waals surface area contributed by atoms with Crippen molar-refractivity contribution in [1.82, 2.24) is 0 Å². The lowest BCUT2D eigenvalue weighted by Gasteiger charge is -2.08. The highest BCUT2D eigenvalue weighted by molar-refractivity contribution is 5.48. The van der Waals surface area contributed by atoms with Crippen molar-refractivity contribution in [3.05, 3.63) is 33.9 Å². The van der Waals surface area contributed by atoms with Crippen molar-refractivity contribution in [1.29, 1.82) is 0 Å². The summed E-state index contributed by atoms with van der Waals surface area (Å²) in [5.41, 5.74) is 6.19. The largest absolute Gasteiger partial charge is 0.484 e. The van der Waals surface area contributed by atoms with Crippen LogP contribution in [0.25, 0.3) is 0 Å². The van der Waals surface area contributed by atoms with Crippen LogP contribution in [0.3, 0.4) is 0 Å². The van der Waals surface area contributed by atoms with Gasteiger partial charge in [0, 0.05) is 19.7 Å². The minimum absolute atomic E-state index is 0.0749. The Morgan fingerprint density at radius 1 is 1.26 bits per heavy atom. The van der Waals surface area contributed by atoms with E-state index in [1.165, 1.54) is 6.07 Å². The van der Waals surface area contributed by atoms with E-state index in [2.05, 4.69) is 0 Å². The van der Waals surface area contributed by atoms with Gasteiger partial charge in [-0.1, -0.05) is 6.07 Å². The topological polar surface area (TPSA) is 96.8 Å². The molecule has 0 aliphatic heterocycles. The highest BCUT2D eigenvalue weighted by Gasteiger charge is 2.15. The summed E-state index contributed by atoms with van der Waals surface area (Å²) in [5.74, 6) is 0.211. The van der Waals surface area contributed by atoms with Crippen molar-refractivity contribution in [2.75, 3.05) is 33.5 Å². The minimum Gasteiger partial charge on any atom is -0.484 e. The molecule has 19 heavy (non-hydrogen) atoms. The standard InChI is InChI=1S/C12H18N2O5/c1-17-4-5-18-6-7-19-12-8-10(9-13)2-3-11(12)14(15)16/h2-3,8H,4-7,9,13H2,1H3. The molecule has 106 valence electrons. The molecule has 0 saturated heterocycles. The second-order valence-electron chi connectivity index (χ2n) is 3.72. The Kier molecular flexibility index (Phi) is 6.80. The third-order valence-corrected chi connectivity index (χ3v) is 2.37. The van der Waals surface area contributed by atoms with E-state index in [-0.39, 0.29) is 18.0 Å². The van der Waals surface area contributed by atoms with Gasteiger partial charge in [-0.05, 0) is 11.6 Å². The van der Waals surface area contributed by atoms with Gasteiger partial charge in [-0.2, -0.15) is 0 Å². The van der Waals surface area contributed by atoms with Crippen LogP contribution in [0, 0.1) is 10.1 Å². The number of ether oxygens (including phenoxy) is 3. The molecule has 7 heteroatoms. The number of nitro groups is 1. The molecule has 1 aromatic rings. The summed E-state index contributed by atoms with van der Waals surface area (Å²) in [6.07, 6.45) is 0. The first-order chi connectivity index (χ1) is 9.19. The first-order valence-corrected chi connectivity index (χ1v) is 5.86. The quantitative estimate of drug-likeness (QED) is 0.410. The van der Waals surface area contributed by atoms with E-state index in [0.29, 0.717) is 26.4 Å². The minimum atomic E-state index is -0.485. The van der Waals surface area contributed by atoms with Crippen LogP contribution in [0.1, 0.15) is 5.56 Å². The molecule has 0 unspecified atom stereocenters. The maximum absolute atomic E-state index is 10.8. The van der Waals surface area contributed by atoms with Crippen molar-refractivity contribution in [3.63, 3.8) is 0 Å². The van der Waals surface area contributed by atoms with Gasteiger partial charge in [0.2, 0.25) is 0 Å². The van der Waals surface area contributed by atoms with E-state index >= 15 is 0 Å². The molecular weight excluding hydrogens is 252 g/mol. The zero-order valence-electron chi connectivity index (χ0n) is 10.8. The molecule has 1 rings (SSSR count). The van der Waals surface area contributed by atoms with Crippen LogP contribution in [0.2, 0.25) is 0 Å². The number of hydrogen-bond acceptors (Lipinski definition) is 6. The van der Waals surface area contributed by atoms with Crippen LogP contribution in [0.4, 0.5) is 5.69 Å². The predicted octanol–water partition coefficient (Wildman–Crippen LogP) is 1.10. The van der Waals surface area contributed by atoms with Crippen LogP contribution in [-0.2, 0) is 16.0 Å². The Morgan fingerprint density at radius 2 is 2.00 bits per heavy atom. The first-order valence-electron chi connectivity index (χ1n) is 5.86. The molecule has 7 nitrogen and oxygen atoms in total. The Labute approximate surface area is 111 Å². The van der Waals surface area contributed by atoms with Gasteiger partial charge in [-0.15, -0.1) is 0 Å². The van der Waals surface area contributed by atoms with Crippen molar-refractivity contribution in [2.45, 2.75) is 6.54 Å². The molecule has 0 aromatic heterocycles. The normalized spacial score (nSPS) is 10.4. The fraction of sp³-hybridized carbons (Fsp3) is 0.500. The van der Waals surface area contributed by atoms with Crippen LogP contribution in [0.5, 0.6) is 5.75 Å². The van der Waals surface area contributed by atoms with E-state index in [1.807, 2.05) is 0 Å². The SMILES string of the molecule is COCCOCCOc1cc(CN)ccc1[N+](=O)[O-]. The van der Waals surface area contributed by atoms with Gasteiger partial charge < -0.3 is 19.9 Å². The molecule has 0 atom stereocenters. The second-order valence-corrected chi connectivity index (χ2v) is 3.72. The average Bonchev–Trinajstić information content (AvgIpc) is 2.42. The molecule has 0 spiro atoms. The van der Waals surface area contributed by atoms with E-state index < -0.39 is 4.92 Å². The van der Waals surface area contributed by atoms with Gasteiger partial charge >= 0.3 is 5.69 Å². The number of nitrogens with two attached hydrogens (primary N) is 1. The summed E-state index contributed by atoms with van der Waals surface area (Å²) in [6.45, 7) is 1.85. The summed E-state index contributed by atoms with van der Waals surface area (Å²) in [6, 6.07) is 4.58. The third kappa shape index (κ3) is 5.21. The van der Waals surface area contributed by atoms with Crippen molar-refractivity contribution in [3.8, 4) is 5.75 Å². The van der Waals surface area contributed by atoms with Gasteiger partial charge in [-0.3, -0.25) is 10.1 Å². The number of nitro benzene ring substituents is 1. The molecule has 0 radical (unpaired) electrons. The van der Waals surface area contributed by atoms with Gasteiger partial charge in [0.1, 0.15) is 6.61 Å². The lowest BCUT2D eigenvalue weighted by Crippen LogP contribution is -2.11. The molecule has 0 aliphatic carbocycles. The lowest BCUT2D eigenvalue weighted by atomic mass is 10.2. The van der Waals surface area contributed by atoms with E-state index in [1.54, 1.807) is 19.2 Å². The molecule has 1 aromatic carbocycles. The maximum Gasteiger partial charge on any atom is 0.310 e. The molecule has 0 bridgehead atoms. The average molecular weight is 270 g/mol. The lowest BCUT2D eigenvalue weighted by molar-refractivity contribution is -0.385. The van der Waals surface area contributed by atoms with Crippen molar-refractivity contribution < 1.29 is 19.1 Å². The summed E-state index contributed by atoms with van der Waals surface area (Å²) in [5, 5.41) is 10.8. The number of hydrogen-bond donors (Lipinski definition) is 1. The molecule has 0 amide bonds. The maximum atomic E-state index is 10.8. The Morgan fingerprint density at radius 3 is 2.63 bits per heavy atom. The van der Waals surface area contributed by atoms with Crippen LogP contribution >= 0.6 is 0 Å². The van der Waals surface area contributed by atoms with Crippen LogP contribution in [-0.4, -0.2) is 38.5 Å². The Bertz CT molecular complexity index is 411. The molecule has 0 saturated carbocycles. The summed E-state index contributed by atoms with van der Waals surface area (Å²) < 4.78 is 15.4. The van der Waals surface area contributed by atoms with Crippen molar-refractivity contribution in [2.24, 2.45) is 5.73 Å². The fourth-order valence-corrected chi connectivity index (χ4v) is 1.41. The highest BCUT2D eigenvalue weighted by Crippen LogP contribution is 2.27. The number of benzene rings is 1. The fourth-order valence-electron chi connectivity index (χ4n) is 1.41. The number of nitrogens with zero attached hydrogens (tertiary/aromatic N) is 1. The molecular formula is C12H18N2O5. The van der Waals surface area contributed by atoms with Gasteiger partial charge in [0.25, 0.3) is 0 Å². The summed E-state index contributed by atoms with van der Waals surface area (Å²) >= 11 is 0. The number of methoxy groups -OCH3 is 1. The zero-order chi connectivity index (χ0) is 14.1. The van der Waals surface area contributed by atoms with E-state index in [0.717, 1.165) is 5.56 Å². The van der Waals surface area contributed by atoms with E-state index in [4.69, 9.17) is 19.9 Å². The smallest absolute Gasteiger partial charge is 0.310 e. The predicted molar refractivity (Wildman–Crippen MR) is 69.2 cm³/mol. The Hall–Kier alpha value is -1.70. The molecule has 0 fully saturated rings. The zero-order valence-corrected chi connectivity index (χ0v) is 10.8. The van der Waals surface area contributed by atoms with Gasteiger partial charge in [-0.25, -0.2) is 0 Å². The van der Waals surface area contributed by atoms with Crippen LogP contribution in [0.15, 0.2) is 18.2 Å². The van der Waals surface area contributed by atoms with Crippen LogP contribution < -0.4 is 10.5 Å². The summed E-state index contributed by atoms with van der Waals surface area (Å²) in [7, 11) is 1.58. The second kappa shape index (κ2) is 8.41.